The standard InChI is InChI=1S/C14H9ClN4O3/c15-14-13(18-11(19-14)5-16-6-20)7-1-2-9-8(3-7)10(21)4-12(22)17-9/h1-4H,5H2,(H,18,19)(H2,17,21,22). The van der Waals surface area contributed by atoms with Crippen molar-refractivity contribution in [1.29, 1.82) is 0 Å². The topological polar surface area (TPSA) is 111 Å². The van der Waals surface area contributed by atoms with Gasteiger partial charge in [0.1, 0.15) is 29.0 Å². The fraction of sp³-hybridized carbons (Fsp3) is 0.0714. The molecule has 0 atom stereocenters. The van der Waals surface area contributed by atoms with Gasteiger partial charge in [0.2, 0.25) is 6.08 Å². The first kappa shape index (κ1) is 14.1. The molecule has 0 aliphatic rings. The molecule has 2 heterocycles. The van der Waals surface area contributed by atoms with Gasteiger partial charge in [0.05, 0.1) is 5.52 Å². The van der Waals surface area contributed by atoms with E-state index in [0.29, 0.717) is 33.1 Å². The van der Waals surface area contributed by atoms with Crippen molar-refractivity contribution in [3.63, 3.8) is 0 Å². The van der Waals surface area contributed by atoms with E-state index in [-0.39, 0.29) is 17.9 Å². The molecule has 0 aliphatic carbocycles. The normalized spacial score (nSPS) is 10.6. The summed E-state index contributed by atoms with van der Waals surface area (Å²) < 4.78 is 0. The number of fused-ring (bicyclic) bond motifs is 1. The molecule has 22 heavy (non-hydrogen) atoms. The number of hydrogen-bond acceptors (Lipinski definition) is 5. The first-order valence-corrected chi connectivity index (χ1v) is 6.60. The van der Waals surface area contributed by atoms with Gasteiger partial charge in [-0.2, -0.15) is 4.99 Å². The molecule has 110 valence electrons. The van der Waals surface area contributed by atoms with Gasteiger partial charge in [-0.15, -0.1) is 0 Å². The molecule has 0 aliphatic heterocycles. The average Bonchev–Trinajstić information content (AvgIpc) is 2.86. The van der Waals surface area contributed by atoms with Gasteiger partial charge in [0, 0.05) is 17.0 Å². The van der Waals surface area contributed by atoms with Crippen LogP contribution in [0.2, 0.25) is 5.15 Å². The molecule has 0 amide bonds. The van der Waals surface area contributed by atoms with Gasteiger partial charge >= 0.3 is 0 Å². The third-order valence-electron chi connectivity index (χ3n) is 3.10. The molecule has 0 unspecified atom stereocenters. The number of carbonyl (C=O) groups excluding carboxylic acids is 1. The van der Waals surface area contributed by atoms with Crippen molar-refractivity contribution < 1.29 is 9.90 Å². The van der Waals surface area contributed by atoms with Gasteiger partial charge in [-0.25, -0.2) is 9.78 Å². The van der Waals surface area contributed by atoms with Gasteiger partial charge in [0.25, 0.3) is 5.56 Å². The van der Waals surface area contributed by atoms with Crippen LogP contribution in [0.4, 0.5) is 0 Å². The highest BCUT2D eigenvalue weighted by atomic mass is 35.5. The third-order valence-corrected chi connectivity index (χ3v) is 3.37. The molecule has 0 saturated heterocycles. The number of nitrogens with zero attached hydrogens (tertiary/aromatic N) is 2. The number of halogens is 1. The van der Waals surface area contributed by atoms with Crippen LogP contribution in [0.15, 0.2) is 34.1 Å². The summed E-state index contributed by atoms with van der Waals surface area (Å²) in [5.74, 6) is 0.298. The molecule has 0 fully saturated rings. The average molecular weight is 317 g/mol. The Morgan fingerprint density at radius 3 is 2.91 bits per heavy atom. The number of benzene rings is 1. The zero-order valence-electron chi connectivity index (χ0n) is 11.1. The summed E-state index contributed by atoms with van der Waals surface area (Å²) in [6.45, 7) is 0.0510. The molecule has 2 aromatic heterocycles. The lowest BCUT2D eigenvalue weighted by Crippen LogP contribution is -2.02. The summed E-state index contributed by atoms with van der Waals surface area (Å²) >= 11 is 6.10. The van der Waals surface area contributed by atoms with Crippen LogP contribution in [0.1, 0.15) is 5.82 Å². The Labute approximate surface area is 128 Å². The zero-order chi connectivity index (χ0) is 15.7. The SMILES string of the molecule is O=C=NCc1nc(-c2ccc3[nH]c(=O)cc(O)c3c2)c(Cl)[nH]1. The van der Waals surface area contributed by atoms with E-state index in [2.05, 4.69) is 19.9 Å². The van der Waals surface area contributed by atoms with Gasteiger partial charge < -0.3 is 15.1 Å². The Morgan fingerprint density at radius 2 is 2.14 bits per heavy atom. The Balaban J connectivity index is 2.12. The van der Waals surface area contributed by atoms with E-state index in [1.807, 2.05) is 0 Å². The van der Waals surface area contributed by atoms with Crippen LogP contribution in [-0.4, -0.2) is 26.1 Å². The van der Waals surface area contributed by atoms with Crippen molar-refractivity contribution in [2.75, 3.05) is 0 Å². The second kappa shape index (κ2) is 5.48. The molecule has 3 aromatic rings. The van der Waals surface area contributed by atoms with Gasteiger partial charge in [-0.1, -0.05) is 17.7 Å². The Hall–Kier alpha value is -2.89. The lowest BCUT2D eigenvalue weighted by atomic mass is 10.1. The van der Waals surface area contributed by atoms with E-state index in [4.69, 9.17) is 11.6 Å². The highest BCUT2D eigenvalue weighted by molar-refractivity contribution is 6.32. The van der Waals surface area contributed by atoms with E-state index in [0.717, 1.165) is 6.07 Å². The van der Waals surface area contributed by atoms with E-state index in [9.17, 15) is 14.7 Å². The fourth-order valence-electron chi connectivity index (χ4n) is 2.15. The third kappa shape index (κ3) is 2.50. The quantitative estimate of drug-likeness (QED) is 0.507. The number of rotatable bonds is 3. The number of nitrogens with one attached hydrogen (secondary N) is 2. The zero-order valence-corrected chi connectivity index (χ0v) is 11.8. The highest BCUT2D eigenvalue weighted by Crippen LogP contribution is 2.30. The number of aromatic hydroxyl groups is 1. The molecular weight excluding hydrogens is 308 g/mol. The molecular formula is C14H9ClN4O3. The predicted molar refractivity (Wildman–Crippen MR) is 80.7 cm³/mol. The van der Waals surface area contributed by atoms with Crippen LogP contribution in [-0.2, 0) is 11.3 Å². The van der Waals surface area contributed by atoms with Crippen molar-refractivity contribution in [2.24, 2.45) is 4.99 Å². The minimum Gasteiger partial charge on any atom is -0.507 e. The second-order valence-corrected chi connectivity index (χ2v) is 4.91. The summed E-state index contributed by atoms with van der Waals surface area (Å²) in [4.78, 5) is 34.6. The number of hydrogen-bond donors (Lipinski definition) is 3. The maximum absolute atomic E-state index is 11.3. The molecule has 1 aromatic carbocycles. The largest absolute Gasteiger partial charge is 0.507 e. The highest BCUT2D eigenvalue weighted by Gasteiger charge is 2.12. The van der Waals surface area contributed by atoms with Gasteiger partial charge in [-0.05, 0) is 12.1 Å². The van der Waals surface area contributed by atoms with Crippen molar-refractivity contribution in [1.82, 2.24) is 15.0 Å². The number of imidazole rings is 1. The molecule has 0 spiro atoms. The Bertz CT molecular complexity index is 970. The first-order chi connectivity index (χ1) is 10.6. The summed E-state index contributed by atoms with van der Waals surface area (Å²) in [6, 6.07) is 6.13. The first-order valence-electron chi connectivity index (χ1n) is 6.23. The van der Waals surface area contributed by atoms with Crippen LogP contribution in [0.3, 0.4) is 0 Å². The minimum absolute atomic E-state index is 0.0510. The van der Waals surface area contributed by atoms with E-state index in [1.165, 1.54) is 6.08 Å². The smallest absolute Gasteiger partial charge is 0.252 e. The number of pyridine rings is 1. The van der Waals surface area contributed by atoms with Crippen LogP contribution in [0.25, 0.3) is 22.2 Å². The van der Waals surface area contributed by atoms with Crippen LogP contribution >= 0.6 is 11.6 Å². The lowest BCUT2D eigenvalue weighted by molar-refractivity contribution is 0.480. The number of aromatic amines is 2. The van der Waals surface area contributed by atoms with Crippen molar-refractivity contribution in [2.45, 2.75) is 6.54 Å². The summed E-state index contributed by atoms with van der Waals surface area (Å²) in [5.41, 5.74) is 1.23. The van der Waals surface area contributed by atoms with Crippen LogP contribution in [0.5, 0.6) is 5.75 Å². The molecule has 0 saturated carbocycles. The van der Waals surface area contributed by atoms with Crippen molar-refractivity contribution >= 4 is 28.6 Å². The molecule has 3 rings (SSSR count). The molecule has 7 nitrogen and oxygen atoms in total. The van der Waals surface area contributed by atoms with E-state index < -0.39 is 0 Å². The minimum atomic E-state index is -0.385. The Morgan fingerprint density at radius 1 is 1.32 bits per heavy atom. The molecule has 8 heteroatoms. The molecule has 0 bridgehead atoms. The number of H-pyrrole nitrogens is 2. The number of aromatic nitrogens is 3. The van der Waals surface area contributed by atoms with Crippen LogP contribution < -0.4 is 5.56 Å². The number of isocyanates is 1. The lowest BCUT2D eigenvalue weighted by Gasteiger charge is -2.03. The monoisotopic (exact) mass is 316 g/mol. The van der Waals surface area contributed by atoms with Gasteiger partial charge in [0.15, 0.2) is 0 Å². The Kier molecular flexibility index (Phi) is 3.50. The predicted octanol–water partition coefficient (Wildman–Crippen LogP) is 2.11. The molecule has 3 N–H and O–H groups in total. The fourth-order valence-corrected chi connectivity index (χ4v) is 2.41. The maximum Gasteiger partial charge on any atom is 0.252 e. The maximum atomic E-state index is 11.3. The second-order valence-electron chi connectivity index (χ2n) is 4.53. The van der Waals surface area contributed by atoms with E-state index in [1.54, 1.807) is 18.2 Å². The summed E-state index contributed by atoms with van der Waals surface area (Å²) in [5, 5.41) is 10.6. The molecule has 0 radical (unpaired) electrons. The van der Waals surface area contributed by atoms with Crippen molar-refractivity contribution in [3.05, 3.63) is 45.6 Å². The number of aliphatic imine (C=N–C) groups is 1. The van der Waals surface area contributed by atoms with Gasteiger partial charge in [-0.3, -0.25) is 4.79 Å². The van der Waals surface area contributed by atoms with Crippen molar-refractivity contribution in [3.8, 4) is 17.0 Å². The summed E-state index contributed by atoms with van der Waals surface area (Å²) in [7, 11) is 0. The van der Waals surface area contributed by atoms with Crippen LogP contribution in [0, 0.1) is 0 Å². The van der Waals surface area contributed by atoms with E-state index >= 15 is 0 Å². The summed E-state index contributed by atoms with van der Waals surface area (Å²) in [6.07, 6.45) is 1.43.